The van der Waals surface area contributed by atoms with Crippen LogP contribution < -0.4 is 5.32 Å². The number of nitrogens with zero attached hydrogens (tertiary/aromatic N) is 1. The topological polar surface area (TPSA) is 32.3 Å². The van der Waals surface area contributed by atoms with Gasteiger partial charge in [-0.1, -0.05) is 0 Å². The van der Waals surface area contributed by atoms with Crippen LogP contribution in [0.3, 0.4) is 0 Å². The number of hydrogen-bond acceptors (Lipinski definition) is 3. The fourth-order valence-corrected chi connectivity index (χ4v) is 1.85. The SMILES string of the molecule is O=CN1CCNCCSCC1. The first kappa shape index (κ1) is 8.87. The van der Waals surface area contributed by atoms with E-state index in [2.05, 4.69) is 5.32 Å². The molecule has 1 N–H and O–H groups in total. The van der Waals surface area contributed by atoms with Crippen LogP contribution in [-0.4, -0.2) is 49.0 Å². The molecule has 64 valence electrons. The van der Waals surface area contributed by atoms with Crippen LogP contribution in [0.25, 0.3) is 0 Å². The van der Waals surface area contributed by atoms with Gasteiger partial charge >= 0.3 is 0 Å². The molecule has 1 saturated heterocycles. The first-order valence-electron chi connectivity index (χ1n) is 3.91. The minimum atomic E-state index is 0.851. The zero-order valence-corrected chi connectivity index (χ0v) is 7.40. The summed E-state index contributed by atoms with van der Waals surface area (Å²) in [6.07, 6.45) is 0.938. The van der Waals surface area contributed by atoms with E-state index < -0.39 is 0 Å². The second kappa shape index (κ2) is 5.43. The zero-order chi connectivity index (χ0) is 7.94. The van der Waals surface area contributed by atoms with Gasteiger partial charge in [-0.15, -0.1) is 0 Å². The van der Waals surface area contributed by atoms with Gasteiger partial charge in [0.15, 0.2) is 0 Å². The number of carbonyl (C=O) groups is 1. The van der Waals surface area contributed by atoms with Crippen LogP contribution in [0.2, 0.25) is 0 Å². The maximum absolute atomic E-state index is 10.4. The van der Waals surface area contributed by atoms with Crippen molar-refractivity contribution in [2.45, 2.75) is 0 Å². The van der Waals surface area contributed by atoms with Crippen molar-refractivity contribution in [3.63, 3.8) is 0 Å². The Bertz CT molecular complexity index is 111. The van der Waals surface area contributed by atoms with Crippen molar-refractivity contribution >= 4 is 18.2 Å². The second-order valence-electron chi connectivity index (χ2n) is 2.50. The Balaban J connectivity index is 2.24. The van der Waals surface area contributed by atoms with Crippen molar-refractivity contribution in [3.05, 3.63) is 0 Å². The fraction of sp³-hybridized carbons (Fsp3) is 0.857. The van der Waals surface area contributed by atoms with E-state index >= 15 is 0 Å². The largest absolute Gasteiger partial charge is 0.343 e. The van der Waals surface area contributed by atoms with Gasteiger partial charge in [0, 0.05) is 37.7 Å². The van der Waals surface area contributed by atoms with E-state index in [1.54, 1.807) is 0 Å². The molecule has 1 aliphatic heterocycles. The third-order valence-electron chi connectivity index (χ3n) is 1.67. The van der Waals surface area contributed by atoms with E-state index in [0.29, 0.717) is 0 Å². The molecule has 1 heterocycles. The first-order chi connectivity index (χ1) is 5.43. The molecule has 0 atom stereocenters. The highest BCUT2D eigenvalue weighted by atomic mass is 32.2. The van der Waals surface area contributed by atoms with Gasteiger partial charge in [-0.25, -0.2) is 0 Å². The van der Waals surface area contributed by atoms with Gasteiger partial charge in [0.1, 0.15) is 0 Å². The van der Waals surface area contributed by atoms with E-state index in [1.807, 2.05) is 16.7 Å². The lowest BCUT2D eigenvalue weighted by Gasteiger charge is -2.14. The molecule has 0 aromatic carbocycles. The van der Waals surface area contributed by atoms with Gasteiger partial charge in [0.05, 0.1) is 0 Å². The van der Waals surface area contributed by atoms with Gasteiger partial charge in [0.2, 0.25) is 6.41 Å². The summed E-state index contributed by atoms with van der Waals surface area (Å²) in [5.74, 6) is 2.23. The van der Waals surface area contributed by atoms with Crippen molar-refractivity contribution in [2.24, 2.45) is 0 Å². The monoisotopic (exact) mass is 174 g/mol. The lowest BCUT2D eigenvalue weighted by molar-refractivity contribution is -0.117. The quantitative estimate of drug-likeness (QED) is 0.558. The number of amides is 1. The van der Waals surface area contributed by atoms with Gasteiger partial charge in [-0.2, -0.15) is 11.8 Å². The number of hydrogen-bond donors (Lipinski definition) is 1. The molecular weight excluding hydrogens is 160 g/mol. The minimum absolute atomic E-state index is 0.851. The maximum Gasteiger partial charge on any atom is 0.209 e. The van der Waals surface area contributed by atoms with Crippen molar-refractivity contribution < 1.29 is 4.79 Å². The summed E-state index contributed by atoms with van der Waals surface area (Å²) in [5.41, 5.74) is 0. The third kappa shape index (κ3) is 3.62. The summed E-state index contributed by atoms with van der Waals surface area (Å²) >= 11 is 1.90. The molecule has 1 aliphatic rings. The molecule has 1 rings (SSSR count). The average molecular weight is 174 g/mol. The summed E-state index contributed by atoms with van der Waals surface area (Å²) in [5, 5.41) is 3.27. The van der Waals surface area contributed by atoms with Gasteiger partial charge < -0.3 is 10.2 Å². The van der Waals surface area contributed by atoms with Crippen LogP contribution in [0.5, 0.6) is 0 Å². The van der Waals surface area contributed by atoms with Crippen molar-refractivity contribution in [1.29, 1.82) is 0 Å². The Morgan fingerprint density at radius 3 is 3.00 bits per heavy atom. The Kier molecular flexibility index (Phi) is 4.38. The van der Waals surface area contributed by atoms with E-state index in [-0.39, 0.29) is 0 Å². The molecule has 11 heavy (non-hydrogen) atoms. The summed E-state index contributed by atoms with van der Waals surface area (Å²) in [6, 6.07) is 0. The van der Waals surface area contributed by atoms with Crippen LogP contribution in [0.4, 0.5) is 0 Å². The molecule has 4 heteroatoms. The van der Waals surface area contributed by atoms with Crippen molar-refractivity contribution in [2.75, 3.05) is 37.7 Å². The second-order valence-corrected chi connectivity index (χ2v) is 3.73. The van der Waals surface area contributed by atoms with E-state index in [0.717, 1.165) is 44.1 Å². The Morgan fingerprint density at radius 1 is 1.27 bits per heavy atom. The molecule has 0 spiro atoms. The van der Waals surface area contributed by atoms with Gasteiger partial charge in [-0.05, 0) is 0 Å². The molecular formula is C7H14N2OS. The zero-order valence-electron chi connectivity index (χ0n) is 6.58. The third-order valence-corrected chi connectivity index (χ3v) is 2.63. The summed E-state index contributed by atoms with van der Waals surface area (Å²) < 4.78 is 0. The van der Waals surface area contributed by atoms with Crippen LogP contribution in [0.1, 0.15) is 0 Å². The lowest BCUT2D eigenvalue weighted by atomic mass is 10.5. The van der Waals surface area contributed by atoms with E-state index in [1.165, 1.54) is 0 Å². The van der Waals surface area contributed by atoms with Crippen LogP contribution in [-0.2, 0) is 4.79 Å². The van der Waals surface area contributed by atoms with E-state index in [4.69, 9.17) is 0 Å². The van der Waals surface area contributed by atoms with Crippen molar-refractivity contribution in [1.82, 2.24) is 10.2 Å². The predicted molar refractivity (Wildman–Crippen MR) is 47.8 cm³/mol. The van der Waals surface area contributed by atoms with Crippen LogP contribution in [0.15, 0.2) is 0 Å². The molecule has 1 amide bonds. The van der Waals surface area contributed by atoms with Crippen LogP contribution >= 0.6 is 11.8 Å². The maximum atomic E-state index is 10.4. The number of carbonyl (C=O) groups excluding carboxylic acids is 1. The Hall–Kier alpha value is -0.220. The summed E-state index contributed by atoms with van der Waals surface area (Å²) in [7, 11) is 0. The summed E-state index contributed by atoms with van der Waals surface area (Å²) in [6.45, 7) is 3.75. The fourth-order valence-electron chi connectivity index (χ4n) is 0.993. The highest BCUT2D eigenvalue weighted by molar-refractivity contribution is 7.99. The van der Waals surface area contributed by atoms with Gasteiger partial charge in [-0.3, -0.25) is 4.79 Å². The molecule has 1 fully saturated rings. The Labute approximate surface area is 71.5 Å². The number of thioether (sulfide) groups is 1. The van der Waals surface area contributed by atoms with E-state index in [9.17, 15) is 4.79 Å². The van der Waals surface area contributed by atoms with Crippen molar-refractivity contribution in [3.8, 4) is 0 Å². The molecule has 0 saturated carbocycles. The molecule has 0 aromatic rings. The summed E-state index contributed by atoms with van der Waals surface area (Å²) in [4.78, 5) is 12.3. The predicted octanol–water partition coefficient (Wildman–Crippen LogP) is -0.219. The highest BCUT2D eigenvalue weighted by Crippen LogP contribution is 2.00. The van der Waals surface area contributed by atoms with Crippen LogP contribution in [0, 0.1) is 0 Å². The van der Waals surface area contributed by atoms with Gasteiger partial charge in [0.25, 0.3) is 0 Å². The first-order valence-corrected chi connectivity index (χ1v) is 5.07. The number of nitrogens with one attached hydrogen (secondary N) is 1. The number of rotatable bonds is 1. The lowest BCUT2D eigenvalue weighted by Crippen LogP contribution is -2.31. The molecule has 0 unspecified atom stereocenters. The smallest absolute Gasteiger partial charge is 0.209 e. The highest BCUT2D eigenvalue weighted by Gasteiger charge is 2.02. The normalized spacial score (nSPS) is 21.6. The minimum Gasteiger partial charge on any atom is -0.343 e. The molecule has 0 aromatic heterocycles. The molecule has 0 radical (unpaired) electrons. The Morgan fingerprint density at radius 2 is 2.18 bits per heavy atom. The molecule has 3 nitrogen and oxygen atoms in total. The average Bonchev–Trinajstić information content (AvgIpc) is 2.16. The molecule has 0 bridgehead atoms. The molecule has 0 aliphatic carbocycles. The standard InChI is InChI=1S/C7H14N2OS/c10-7-9-3-1-8-2-5-11-6-4-9/h7-8H,1-6H2.